The molecule has 0 aliphatic carbocycles. The van der Waals surface area contributed by atoms with Crippen molar-refractivity contribution in [3.05, 3.63) is 36.7 Å². The number of nitrogens with zero attached hydrogens (tertiary/aromatic N) is 1. The van der Waals surface area contributed by atoms with Crippen LogP contribution >= 0.6 is 0 Å². The molecule has 1 N–H and O–H groups in total. The molecule has 0 aliphatic heterocycles. The van der Waals surface area contributed by atoms with Gasteiger partial charge in [-0.05, 0) is 12.1 Å². The molecule has 70 valence electrons. The van der Waals surface area contributed by atoms with E-state index in [1.54, 1.807) is 6.20 Å². The summed E-state index contributed by atoms with van der Waals surface area (Å²) in [6.07, 6.45) is 3.60. The summed E-state index contributed by atoms with van der Waals surface area (Å²) in [6, 6.07) is 3.94. The first-order valence-corrected chi connectivity index (χ1v) is 7.86. The molecule has 0 amide bonds. The Hall–Kier alpha value is -1.09. The summed E-state index contributed by atoms with van der Waals surface area (Å²) < 4.78 is 0. The Kier molecular flexibility index (Phi) is 2.88. The zero-order valence-electron chi connectivity index (χ0n) is 8.46. The predicted octanol–water partition coefficient (Wildman–Crippen LogP) is 2.48. The van der Waals surface area contributed by atoms with Gasteiger partial charge in [-0.25, -0.2) is 0 Å². The zero-order valence-corrected chi connectivity index (χ0v) is 9.46. The Bertz CT molecular complexity index is 288. The standard InChI is InChI=1S/C10H16N2Si/c1-9(12-13(2,3)4)10-6-5-7-11-8-10/h5-8,12H,1H2,2-4H3. The largest absolute Gasteiger partial charge is 0.411 e. The van der Waals surface area contributed by atoms with Crippen molar-refractivity contribution in [2.75, 3.05) is 0 Å². The van der Waals surface area contributed by atoms with Gasteiger partial charge in [0.25, 0.3) is 0 Å². The summed E-state index contributed by atoms with van der Waals surface area (Å²) in [4.78, 5) is 7.49. The molecule has 1 heterocycles. The van der Waals surface area contributed by atoms with E-state index < -0.39 is 8.24 Å². The Balaban J connectivity index is 2.71. The van der Waals surface area contributed by atoms with Crippen LogP contribution < -0.4 is 4.98 Å². The second kappa shape index (κ2) is 3.74. The predicted molar refractivity (Wildman–Crippen MR) is 59.8 cm³/mol. The van der Waals surface area contributed by atoms with Crippen LogP contribution in [0.3, 0.4) is 0 Å². The van der Waals surface area contributed by atoms with Crippen LogP contribution in [0.5, 0.6) is 0 Å². The van der Waals surface area contributed by atoms with Gasteiger partial charge in [0.2, 0.25) is 0 Å². The fourth-order valence-corrected chi connectivity index (χ4v) is 2.12. The monoisotopic (exact) mass is 192 g/mol. The van der Waals surface area contributed by atoms with Gasteiger partial charge in [0.15, 0.2) is 0 Å². The van der Waals surface area contributed by atoms with Gasteiger partial charge < -0.3 is 4.98 Å². The summed E-state index contributed by atoms with van der Waals surface area (Å²) in [5.41, 5.74) is 2.05. The smallest absolute Gasteiger partial charge is 0.144 e. The fourth-order valence-electron chi connectivity index (χ4n) is 1.07. The van der Waals surface area contributed by atoms with Crippen LogP contribution in [-0.2, 0) is 0 Å². The first kappa shape index (κ1) is 9.99. The molecule has 0 fully saturated rings. The van der Waals surface area contributed by atoms with Crippen molar-refractivity contribution in [2.45, 2.75) is 19.6 Å². The quantitative estimate of drug-likeness (QED) is 0.744. The topological polar surface area (TPSA) is 24.9 Å². The van der Waals surface area contributed by atoms with Gasteiger partial charge in [-0.15, -0.1) is 0 Å². The Labute approximate surface area is 80.8 Å². The van der Waals surface area contributed by atoms with E-state index in [0.717, 1.165) is 11.3 Å². The second-order valence-corrected chi connectivity index (χ2v) is 8.85. The molecule has 0 radical (unpaired) electrons. The van der Waals surface area contributed by atoms with Crippen molar-refractivity contribution < 1.29 is 0 Å². The minimum absolute atomic E-state index is 0.979. The highest BCUT2D eigenvalue weighted by Gasteiger charge is 2.13. The molecular weight excluding hydrogens is 176 g/mol. The normalized spacial score (nSPS) is 11.0. The minimum atomic E-state index is -1.28. The van der Waals surface area contributed by atoms with Crippen LogP contribution in [0.1, 0.15) is 5.56 Å². The van der Waals surface area contributed by atoms with Crippen molar-refractivity contribution in [1.82, 2.24) is 9.97 Å². The van der Waals surface area contributed by atoms with Crippen molar-refractivity contribution in [3.8, 4) is 0 Å². The summed E-state index contributed by atoms with van der Waals surface area (Å²) in [7, 11) is -1.28. The SMILES string of the molecule is C=C(N[Si](C)(C)C)c1cccnc1. The third-order valence-corrected chi connectivity index (χ3v) is 2.59. The molecule has 0 bridgehead atoms. The van der Waals surface area contributed by atoms with Gasteiger partial charge in [0.05, 0.1) is 0 Å². The molecule has 0 unspecified atom stereocenters. The van der Waals surface area contributed by atoms with E-state index in [0.29, 0.717) is 0 Å². The average molecular weight is 192 g/mol. The molecule has 1 aromatic rings. The average Bonchev–Trinajstić information content (AvgIpc) is 2.03. The molecule has 1 rings (SSSR count). The number of aromatic nitrogens is 1. The molecule has 0 saturated carbocycles. The molecule has 1 aromatic heterocycles. The molecule has 0 aromatic carbocycles. The third kappa shape index (κ3) is 3.42. The van der Waals surface area contributed by atoms with Crippen LogP contribution in [0, 0.1) is 0 Å². The van der Waals surface area contributed by atoms with Gasteiger partial charge >= 0.3 is 0 Å². The third-order valence-electron chi connectivity index (χ3n) is 1.54. The van der Waals surface area contributed by atoms with Crippen LogP contribution in [0.4, 0.5) is 0 Å². The lowest BCUT2D eigenvalue weighted by atomic mass is 10.2. The highest BCUT2D eigenvalue weighted by atomic mass is 28.3. The molecule has 0 saturated heterocycles. The first-order valence-electron chi connectivity index (χ1n) is 4.36. The molecule has 0 spiro atoms. The van der Waals surface area contributed by atoms with E-state index >= 15 is 0 Å². The van der Waals surface area contributed by atoms with Crippen molar-refractivity contribution in [3.63, 3.8) is 0 Å². The van der Waals surface area contributed by atoms with Crippen molar-refractivity contribution in [2.24, 2.45) is 0 Å². The van der Waals surface area contributed by atoms with E-state index in [9.17, 15) is 0 Å². The van der Waals surface area contributed by atoms with Gasteiger partial charge in [0, 0.05) is 23.7 Å². The van der Waals surface area contributed by atoms with Crippen LogP contribution in [0.15, 0.2) is 31.1 Å². The summed E-state index contributed by atoms with van der Waals surface area (Å²) in [6.45, 7) is 10.7. The van der Waals surface area contributed by atoms with E-state index in [-0.39, 0.29) is 0 Å². The summed E-state index contributed by atoms with van der Waals surface area (Å²) in [5, 5.41) is 0. The molecule has 0 atom stereocenters. The summed E-state index contributed by atoms with van der Waals surface area (Å²) in [5.74, 6) is 0. The minimum Gasteiger partial charge on any atom is -0.411 e. The maximum absolute atomic E-state index is 4.05. The van der Waals surface area contributed by atoms with E-state index in [1.807, 2.05) is 18.3 Å². The van der Waals surface area contributed by atoms with E-state index in [4.69, 9.17) is 0 Å². The van der Waals surface area contributed by atoms with Crippen LogP contribution in [0.25, 0.3) is 5.70 Å². The molecule has 3 heteroatoms. The first-order chi connectivity index (χ1) is 5.99. The van der Waals surface area contributed by atoms with Crippen molar-refractivity contribution in [1.29, 1.82) is 0 Å². The Morgan fingerprint density at radius 2 is 2.15 bits per heavy atom. The number of pyridine rings is 1. The van der Waals surface area contributed by atoms with Crippen LogP contribution in [-0.4, -0.2) is 13.2 Å². The number of nitrogens with one attached hydrogen (secondary N) is 1. The number of rotatable bonds is 3. The number of hydrogen-bond donors (Lipinski definition) is 1. The molecular formula is C10H16N2Si. The maximum atomic E-state index is 4.05. The van der Waals surface area contributed by atoms with Gasteiger partial charge in [-0.3, -0.25) is 4.98 Å². The van der Waals surface area contributed by atoms with Crippen molar-refractivity contribution >= 4 is 13.9 Å². The fraction of sp³-hybridized carbons (Fsp3) is 0.300. The molecule has 2 nitrogen and oxygen atoms in total. The Morgan fingerprint density at radius 3 is 2.62 bits per heavy atom. The summed E-state index contributed by atoms with van der Waals surface area (Å²) >= 11 is 0. The lowest BCUT2D eigenvalue weighted by molar-refractivity contribution is 1.24. The lowest BCUT2D eigenvalue weighted by Crippen LogP contribution is -2.39. The van der Waals surface area contributed by atoms with Gasteiger partial charge in [-0.1, -0.05) is 26.2 Å². The van der Waals surface area contributed by atoms with Crippen LogP contribution in [0.2, 0.25) is 19.6 Å². The Morgan fingerprint density at radius 1 is 1.46 bits per heavy atom. The van der Waals surface area contributed by atoms with Gasteiger partial charge in [0.1, 0.15) is 8.24 Å². The molecule has 13 heavy (non-hydrogen) atoms. The van der Waals surface area contributed by atoms with E-state index in [2.05, 4.69) is 36.2 Å². The maximum Gasteiger partial charge on any atom is 0.144 e. The van der Waals surface area contributed by atoms with Gasteiger partial charge in [-0.2, -0.15) is 0 Å². The highest BCUT2D eigenvalue weighted by molar-refractivity contribution is 6.74. The van der Waals surface area contributed by atoms with E-state index in [1.165, 1.54) is 0 Å². The highest BCUT2D eigenvalue weighted by Crippen LogP contribution is 2.10. The zero-order chi connectivity index (χ0) is 9.90. The molecule has 0 aliphatic rings. The second-order valence-electron chi connectivity index (χ2n) is 4.10. The number of hydrogen-bond acceptors (Lipinski definition) is 2. The lowest BCUT2D eigenvalue weighted by Gasteiger charge is -2.21.